The van der Waals surface area contributed by atoms with Crippen molar-refractivity contribution in [1.29, 1.82) is 0 Å². The van der Waals surface area contributed by atoms with Crippen LogP contribution in [0.15, 0.2) is 24.3 Å². The zero-order valence-electron chi connectivity index (χ0n) is 10.6. The first-order chi connectivity index (χ1) is 7.76. The smallest absolute Gasteiger partial charge is 0.0622 e. The predicted molar refractivity (Wildman–Crippen MR) is 68.8 cm³/mol. The molecule has 0 aliphatic carbocycles. The van der Waals surface area contributed by atoms with Gasteiger partial charge in [-0.25, -0.2) is 0 Å². The summed E-state index contributed by atoms with van der Waals surface area (Å²) < 4.78 is 5.57. The lowest BCUT2D eigenvalue weighted by atomic mass is 10.1. The van der Waals surface area contributed by atoms with E-state index in [1.807, 2.05) is 7.05 Å². The van der Waals surface area contributed by atoms with Gasteiger partial charge in [0.25, 0.3) is 0 Å². The molecule has 0 aliphatic rings. The van der Waals surface area contributed by atoms with Gasteiger partial charge in [0.2, 0.25) is 0 Å². The molecule has 2 nitrogen and oxygen atoms in total. The maximum Gasteiger partial charge on any atom is 0.0622 e. The van der Waals surface area contributed by atoms with Gasteiger partial charge in [0.05, 0.1) is 6.61 Å². The molecule has 0 saturated heterocycles. The molecule has 1 rings (SSSR count). The third-order valence-corrected chi connectivity index (χ3v) is 2.68. The molecule has 16 heavy (non-hydrogen) atoms. The van der Waals surface area contributed by atoms with E-state index in [0.717, 1.165) is 26.1 Å². The van der Waals surface area contributed by atoms with Gasteiger partial charge in [-0.15, -0.1) is 0 Å². The van der Waals surface area contributed by atoms with Crippen molar-refractivity contribution in [3.05, 3.63) is 35.4 Å². The fourth-order valence-electron chi connectivity index (χ4n) is 1.62. The Morgan fingerprint density at radius 2 is 1.94 bits per heavy atom. The van der Waals surface area contributed by atoms with Gasteiger partial charge >= 0.3 is 0 Å². The van der Waals surface area contributed by atoms with Crippen molar-refractivity contribution in [3.8, 4) is 0 Å². The fraction of sp³-hybridized carbons (Fsp3) is 0.571. The summed E-state index contributed by atoms with van der Waals surface area (Å²) in [6.45, 7) is 5.89. The quantitative estimate of drug-likeness (QED) is 0.714. The highest BCUT2D eigenvalue weighted by Crippen LogP contribution is 2.06. The minimum atomic E-state index is 0.411. The molecule has 90 valence electrons. The van der Waals surface area contributed by atoms with E-state index in [2.05, 4.69) is 43.4 Å². The second-order valence-electron chi connectivity index (χ2n) is 4.25. The Kier molecular flexibility index (Phi) is 6.12. The second-order valence-corrected chi connectivity index (χ2v) is 4.25. The zero-order chi connectivity index (χ0) is 11.8. The predicted octanol–water partition coefficient (Wildman–Crippen LogP) is 2.55. The summed E-state index contributed by atoms with van der Waals surface area (Å²) >= 11 is 0. The number of hydrogen-bond donors (Lipinski definition) is 1. The highest BCUT2D eigenvalue weighted by molar-refractivity contribution is 5.22. The Hall–Kier alpha value is -0.860. The molecule has 0 aliphatic heterocycles. The minimum absolute atomic E-state index is 0.411. The van der Waals surface area contributed by atoms with Crippen LogP contribution in [0.25, 0.3) is 0 Å². The zero-order valence-corrected chi connectivity index (χ0v) is 10.6. The summed E-state index contributed by atoms with van der Waals surface area (Å²) in [6.07, 6.45) is 2.11. The average molecular weight is 221 g/mol. The Labute approximate surface area is 99.0 Å². The minimum Gasteiger partial charge on any atom is -0.380 e. The summed E-state index contributed by atoms with van der Waals surface area (Å²) in [4.78, 5) is 0. The lowest BCUT2D eigenvalue weighted by Gasteiger charge is -2.16. The number of nitrogens with one attached hydrogen (secondary N) is 1. The van der Waals surface area contributed by atoms with E-state index in [9.17, 15) is 0 Å². The highest BCUT2D eigenvalue weighted by atomic mass is 16.5. The molecule has 0 radical (unpaired) electrons. The summed E-state index contributed by atoms with van der Waals surface area (Å²) in [5, 5.41) is 3.30. The van der Waals surface area contributed by atoms with Gasteiger partial charge in [-0.1, -0.05) is 36.8 Å². The molecule has 0 spiro atoms. The Balaban J connectivity index is 2.40. The number of aryl methyl sites for hydroxylation is 1. The van der Waals surface area contributed by atoms with Gasteiger partial charge in [0.1, 0.15) is 0 Å². The highest BCUT2D eigenvalue weighted by Gasteiger charge is 2.06. The summed E-state index contributed by atoms with van der Waals surface area (Å²) in [5.74, 6) is 0. The van der Waals surface area contributed by atoms with Crippen molar-refractivity contribution in [2.75, 3.05) is 20.3 Å². The van der Waals surface area contributed by atoms with Crippen LogP contribution in [-0.2, 0) is 11.2 Å². The summed E-state index contributed by atoms with van der Waals surface area (Å²) in [7, 11) is 1.99. The van der Waals surface area contributed by atoms with E-state index in [4.69, 9.17) is 4.74 Å². The molecule has 0 fully saturated rings. The van der Waals surface area contributed by atoms with Crippen molar-refractivity contribution in [2.24, 2.45) is 0 Å². The van der Waals surface area contributed by atoms with Gasteiger partial charge in [-0.3, -0.25) is 0 Å². The normalized spacial score (nSPS) is 12.7. The molecule has 0 amide bonds. The first-order valence-corrected chi connectivity index (χ1v) is 6.06. The molecule has 0 aromatic heterocycles. The van der Waals surface area contributed by atoms with Gasteiger partial charge in [-0.05, 0) is 32.4 Å². The Morgan fingerprint density at radius 3 is 2.50 bits per heavy atom. The number of likely N-dealkylation sites (N-methyl/N-ethyl adjacent to an activating group) is 1. The fourth-order valence-corrected chi connectivity index (χ4v) is 1.62. The van der Waals surface area contributed by atoms with E-state index in [1.54, 1.807) is 0 Å². The average Bonchev–Trinajstić information content (AvgIpc) is 2.31. The molecule has 1 aromatic carbocycles. The van der Waals surface area contributed by atoms with Gasteiger partial charge in [-0.2, -0.15) is 0 Å². The van der Waals surface area contributed by atoms with Gasteiger partial charge < -0.3 is 10.1 Å². The third kappa shape index (κ3) is 4.77. The maximum atomic E-state index is 5.57. The van der Waals surface area contributed by atoms with Gasteiger partial charge in [0.15, 0.2) is 0 Å². The van der Waals surface area contributed by atoms with Crippen LogP contribution >= 0.6 is 0 Å². The first kappa shape index (κ1) is 13.2. The Morgan fingerprint density at radius 1 is 1.25 bits per heavy atom. The van der Waals surface area contributed by atoms with Crippen molar-refractivity contribution in [2.45, 2.75) is 32.7 Å². The monoisotopic (exact) mass is 221 g/mol. The van der Waals surface area contributed by atoms with Crippen molar-refractivity contribution >= 4 is 0 Å². The first-order valence-electron chi connectivity index (χ1n) is 6.06. The van der Waals surface area contributed by atoms with Crippen molar-refractivity contribution in [3.63, 3.8) is 0 Å². The van der Waals surface area contributed by atoms with Crippen LogP contribution in [0.5, 0.6) is 0 Å². The molecule has 1 aromatic rings. The standard InChI is InChI=1S/C14H23NO/c1-4-9-16-11-14(15-3)10-13-7-5-12(2)6-8-13/h5-8,14-15H,4,9-11H2,1-3H3. The van der Waals surface area contributed by atoms with E-state index < -0.39 is 0 Å². The molecular weight excluding hydrogens is 198 g/mol. The van der Waals surface area contributed by atoms with Crippen LogP contribution in [0.2, 0.25) is 0 Å². The summed E-state index contributed by atoms with van der Waals surface area (Å²) in [6, 6.07) is 9.12. The molecule has 0 heterocycles. The van der Waals surface area contributed by atoms with Crippen LogP contribution in [0, 0.1) is 6.92 Å². The van der Waals surface area contributed by atoms with E-state index in [-0.39, 0.29) is 0 Å². The molecule has 0 bridgehead atoms. The van der Waals surface area contributed by atoms with E-state index in [1.165, 1.54) is 11.1 Å². The molecule has 1 unspecified atom stereocenters. The van der Waals surface area contributed by atoms with Crippen LogP contribution in [0.1, 0.15) is 24.5 Å². The van der Waals surface area contributed by atoms with E-state index in [0.29, 0.717) is 6.04 Å². The van der Waals surface area contributed by atoms with E-state index >= 15 is 0 Å². The Bertz CT molecular complexity index is 281. The molecule has 1 N–H and O–H groups in total. The molecule has 2 heteroatoms. The maximum absolute atomic E-state index is 5.57. The van der Waals surface area contributed by atoms with Crippen molar-refractivity contribution < 1.29 is 4.74 Å². The number of ether oxygens (including phenoxy) is 1. The number of hydrogen-bond acceptors (Lipinski definition) is 2. The lowest BCUT2D eigenvalue weighted by molar-refractivity contribution is 0.114. The molecule has 0 saturated carbocycles. The topological polar surface area (TPSA) is 21.3 Å². The van der Waals surface area contributed by atoms with Crippen LogP contribution in [0.3, 0.4) is 0 Å². The third-order valence-electron chi connectivity index (χ3n) is 2.68. The number of rotatable bonds is 7. The molecule has 1 atom stereocenters. The van der Waals surface area contributed by atoms with Crippen molar-refractivity contribution in [1.82, 2.24) is 5.32 Å². The lowest BCUT2D eigenvalue weighted by Crippen LogP contribution is -2.32. The number of benzene rings is 1. The largest absolute Gasteiger partial charge is 0.380 e. The molecular formula is C14H23NO. The second kappa shape index (κ2) is 7.42. The SMILES string of the molecule is CCCOCC(Cc1ccc(C)cc1)NC. The van der Waals surface area contributed by atoms with Crippen LogP contribution in [0.4, 0.5) is 0 Å². The van der Waals surface area contributed by atoms with Gasteiger partial charge in [0, 0.05) is 12.6 Å². The summed E-state index contributed by atoms with van der Waals surface area (Å²) in [5.41, 5.74) is 2.68. The van der Waals surface area contributed by atoms with Crippen LogP contribution in [-0.4, -0.2) is 26.3 Å². The van der Waals surface area contributed by atoms with Crippen LogP contribution < -0.4 is 5.32 Å².